The second-order valence-corrected chi connectivity index (χ2v) is 3.35. The zero-order valence-corrected chi connectivity index (χ0v) is 9.30. The molecule has 0 rings (SSSR count). The molecular formula is C12H24O2. The summed E-state index contributed by atoms with van der Waals surface area (Å²) in [6.07, 6.45) is 7.40. The summed E-state index contributed by atoms with van der Waals surface area (Å²) < 4.78 is 10.4. The van der Waals surface area contributed by atoms with E-state index in [4.69, 9.17) is 9.47 Å². The second-order valence-electron chi connectivity index (χ2n) is 3.35. The van der Waals surface area contributed by atoms with Crippen molar-refractivity contribution in [3.63, 3.8) is 0 Å². The van der Waals surface area contributed by atoms with Crippen LogP contribution in [0.5, 0.6) is 0 Å². The number of unbranched alkanes of at least 4 members (excludes halogenated alkanes) is 5. The van der Waals surface area contributed by atoms with Crippen LogP contribution in [0.25, 0.3) is 0 Å². The van der Waals surface area contributed by atoms with Crippen LogP contribution in [0.4, 0.5) is 0 Å². The zero-order chi connectivity index (χ0) is 10.5. The predicted molar refractivity (Wildman–Crippen MR) is 60.1 cm³/mol. The summed E-state index contributed by atoms with van der Waals surface area (Å²) in [5, 5.41) is 0. The van der Waals surface area contributed by atoms with Crippen LogP contribution in [0.2, 0.25) is 0 Å². The van der Waals surface area contributed by atoms with Crippen molar-refractivity contribution in [2.45, 2.75) is 38.5 Å². The summed E-state index contributed by atoms with van der Waals surface area (Å²) >= 11 is 0. The third kappa shape index (κ3) is 11.9. The van der Waals surface area contributed by atoms with Gasteiger partial charge in [0.1, 0.15) is 0 Å². The monoisotopic (exact) mass is 200 g/mol. The molecule has 14 heavy (non-hydrogen) atoms. The lowest BCUT2D eigenvalue weighted by molar-refractivity contribution is 0.0561. The van der Waals surface area contributed by atoms with E-state index < -0.39 is 0 Å². The first-order chi connectivity index (χ1) is 6.91. The number of ether oxygens (including phenoxy) is 2. The predicted octanol–water partition coefficient (Wildman–Crippen LogP) is 3.03. The van der Waals surface area contributed by atoms with Crippen LogP contribution in [-0.2, 0) is 9.47 Å². The highest BCUT2D eigenvalue weighted by Crippen LogP contribution is 2.04. The Morgan fingerprint density at radius 3 is 2.00 bits per heavy atom. The van der Waals surface area contributed by atoms with Gasteiger partial charge in [0.05, 0.1) is 13.2 Å². The first kappa shape index (κ1) is 13.9. The lowest BCUT2D eigenvalue weighted by Crippen LogP contribution is -2.04. The molecule has 0 amide bonds. The maximum atomic E-state index is 5.38. The van der Waals surface area contributed by atoms with Crippen molar-refractivity contribution in [2.75, 3.05) is 26.4 Å². The third-order valence-electron chi connectivity index (χ3n) is 2.06. The molecule has 0 heterocycles. The molecule has 0 aromatic heterocycles. The average Bonchev–Trinajstić information content (AvgIpc) is 2.21. The molecule has 0 spiro atoms. The molecule has 2 radical (unpaired) electrons. The van der Waals surface area contributed by atoms with Crippen molar-refractivity contribution in [3.8, 4) is 0 Å². The summed E-state index contributed by atoms with van der Waals surface area (Å²) in [5.74, 6) is 0. The van der Waals surface area contributed by atoms with Gasteiger partial charge in [-0.2, -0.15) is 0 Å². The lowest BCUT2D eigenvalue weighted by Gasteiger charge is -2.04. The van der Waals surface area contributed by atoms with Gasteiger partial charge in [-0.1, -0.05) is 39.0 Å². The molecule has 0 aromatic rings. The Labute approximate surface area is 89.0 Å². The summed E-state index contributed by atoms with van der Waals surface area (Å²) in [4.78, 5) is 0. The Morgan fingerprint density at radius 2 is 1.29 bits per heavy atom. The summed E-state index contributed by atoms with van der Waals surface area (Å²) in [7, 11) is 0. The van der Waals surface area contributed by atoms with Gasteiger partial charge in [-0.15, -0.1) is 0 Å². The number of hydrogen-bond acceptors (Lipinski definition) is 2. The van der Waals surface area contributed by atoms with Crippen molar-refractivity contribution in [2.24, 2.45) is 0 Å². The van der Waals surface area contributed by atoms with E-state index in [1.165, 1.54) is 32.1 Å². The van der Waals surface area contributed by atoms with Crippen LogP contribution in [0, 0.1) is 13.8 Å². The molecule has 0 saturated carbocycles. The molecule has 0 N–H and O–H groups in total. The van der Waals surface area contributed by atoms with Crippen LogP contribution in [-0.4, -0.2) is 26.4 Å². The van der Waals surface area contributed by atoms with Crippen LogP contribution in [0.15, 0.2) is 0 Å². The average molecular weight is 200 g/mol. The topological polar surface area (TPSA) is 18.5 Å². The quantitative estimate of drug-likeness (QED) is 0.477. The van der Waals surface area contributed by atoms with E-state index >= 15 is 0 Å². The van der Waals surface area contributed by atoms with Gasteiger partial charge in [-0.25, -0.2) is 0 Å². The first-order valence-corrected chi connectivity index (χ1v) is 5.65. The largest absolute Gasteiger partial charge is 0.379 e. The Balaban J connectivity index is 2.78. The number of hydrogen-bond donors (Lipinski definition) is 0. The van der Waals surface area contributed by atoms with Crippen molar-refractivity contribution in [1.82, 2.24) is 0 Å². The van der Waals surface area contributed by atoms with Crippen molar-refractivity contribution < 1.29 is 9.47 Å². The molecule has 0 aliphatic heterocycles. The van der Waals surface area contributed by atoms with E-state index in [2.05, 4.69) is 13.8 Å². The Hall–Kier alpha value is -0.0800. The van der Waals surface area contributed by atoms with Crippen molar-refractivity contribution in [3.05, 3.63) is 13.8 Å². The lowest BCUT2D eigenvalue weighted by atomic mass is 10.1. The second kappa shape index (κ2) is 12.9. The van der Waals surface area contributed by atoms with Crippen LogP contribution in [0.1, 0.15) is 38.5 Å². The van der Waals surface area contributed by atoms with Crippen molar-refractivity contribution >= 4 is 0 Å². The molecular weight excluding hydrogens is 176 g/mol. The maximum Gasteiger partial charge on any atom is 0.0700 e. The van der Waals surface area contributed by atoms with E-state index in [1.54, 1.807) is 0 Å². The van der Waals surface area contributed by atoms with Gasteiger partial charge in [0.25, 0.3) is 0 Å². The Morgan fingerprint density at radius 1 is 0.643 bits per heavy atom. The van der Waals surface area contributed by atoms with E-state index in [1.807, 2.05) is 0 Å². The SMILES string of the molecule is [CH2]CCCCCCCOCCOC[CH2]. The summed E-state index contributed by atoms with van der Waals surface area (Å²) in [6.45, 7) is 10.2. The molecule has 0 unspecified atom stereocenters. The van der Waals surface area contributed by atoms with Gasteiger partial charge in [0.2, 0.25) is 0 Å². The van der Waals surface area contributed by atoms with Gasteiger partial charge in [0.15, 0.2) is 0 Å². The van der Waals surface area contributed by atoms with E-state index in [0.717, 1.165) is 13.0 Å². The molecule has 2 nitrogen and oxygen atoms in total. The van der Waals surface area contributed by atoms with Crippen LogP contribution < -0.4 is 0 Å². The molecule has 0 aromatic carbocycles. The third-order valence-corrected chi connectivity index (χ3v) is 2.06. The maximum absolute atomic E-state index is 5.38. The van der Waals surface area contributed by atoms with Gasteiger partial charge >= 0.3 is 0 Å². The standard InChI is InChI=1S/C12H24O2/c1-3-5-6-7-8-9-10-14-12-11-13-4-2/h1-12H2. The normalized spacial score (nSPS) is 10.7. The Kier molecular flexibility index (Phi) is 12.8. The highest BCUT2D eigenvalue weighted by molar-refractivity contribution is 4.46. The summed E-state index contributed by atoms with van der Waals surface area (Å²) in [5.41, 5.74) is 0. The Bertz CT molecular complexity index is 82.3. The van der Waals surface area contributed by atoms with Gasteiger partial charge in [-0.05, 0) is 13.3 Å². The first-order valence-electron chi connectivity index (χ1n) is 5.65. The van der Waals surface area contributed by atoms with Crippen molar-refractivity contribution in [1.29, 1.82) is 0 Å². The van der Waals surface area contributed by atoms with Gasteiger partial charge < -0.3 is 9.47 Å². The van der Waals surface area contributed by atoms with Gasteiger partial charge in [0, 0.05) is 13.2 Å². The fraction of sp³-hybridized carbons (Fsp3) is 0.833. The molecule has 84 valence electrons. The van der Waals surface area contributed by atoms with E-state index in [9.17, 15) is 0 Å². The fourth-order valence-corrected chi connectivity index (χ4v) is 1.23. The molecule has 0 aliphatic rings. The molecule has 2 heteroatoms. The van der Waals surface area contributed by atoms with Gasteiger partial charge in [-0.3, -0.25) is 0 Å². The van der Waals surface area contributed by atoms with Crippen LogP contribution >= 0.6 is 0 Å². The minimum absolute atomic E-state index is 0.536. The molecule has 0 saturated heterocycles. The van der Waals surface area contributed by atoms with E-state index in [-0.39, 0.29) is 0 Å². The molecule has 0 atom stereocenters. The fourth-order valence-electron chi connectivity index (χ4n) is 1.23. The highest BCUT2D eigenvalue weighted by Gasteiger charge is 1.91. The molecule has 0 fully saturated rings. The molecule has 0 aliphatic carbocycles. The van der Waals surface area contributed by atoms with Crippen LogP contribution in [0.3, 0.4) is 0 Å². The van der Waals surface area contributed by atoms with E-state index in [0.29, 0.717) is 19.8 Å². The smallest absolute Gasteiger partial charge is 0.0700 e. The zero-order valence-electron chi connectivity index (χ0n) is 9.30. The number of rotatable bonds is 11. The highest BCUT2D eigenvalue weighted by atomic mass is 16.5. The minimum atomic E-state index is 0.536. The minimum Gasteiger partial charge on any atom is -0.379 e. The summed E-state index contributed by atoms with van der Waals surface area (Å²) in [6, 6.07) is 0. The molecule has 0 bridgehead atoms.